The summed E-state index contributed by atoms with van der Waals surface area (Å²) in [4.78, 5) is 15.2. The van der Waals surface area contributed by atoms with Gasteiger partial charge in [0.2, 0.25) is 0 Å². The van der Waals surface area contributed by atoms with E-state index >= 15 is 0 Å². The minimum absolute atomic E-state index is 0.225. The molecule has 0 amide bonds. The highest BCUT2D eigenvalue weighted by atomic mass is 16.6. The van der Waals surface area contributed by atoms with E-state index in [1.807, 2.05) is 13.8 Å². The van der Waals surface area contributed by atoms with Gasteiger partial charge in [0.15, 0.2) is 0 Å². The number of aliphatic carboxylic acids is 1. The molecule has 0 spiro atoms. The lowest BCUT2D eigenvalue weighted by Gasteiger charge is -1.94. The van der Waals surface area contributed by atoms with Crippen LogP contribution in [0.15, 0.2) is 11.8 Å². The van der Waals surface area contributed by atoms with Crippen molar-refractivity contribution in [3.05, 3.63) is 11.8 Å². The van der Waals surface area contributed by atoms with Crippen molar-refractivity contribution in [1.82, 2.24) is 5.48 Å². The maximum absolute atomic E-state index is 10.6. The fraction of sp³-hybridized carbons (Fsp3) is 0.625. The molecule has 1 atom stereocenters. The Morgan fingerprint density at radius 2 is 2.33 bits per heavy atom. The van der Waals surface area contributed by atoms with Crippen LogP contribution < -0.4 is 5.48 Å². The summed E-state index contributed by atoms with van der Waals surface area (Å²) in [6, 6.07) is 0. The Bertz CT molecular complexity index is 232. The molecule has 4 heteroatoms. The molecular formula is C8H13NO3. The van der Waals surface area contributed by atoms with Crippen LogP contribution in [0.5, 0.6) is 0 Å². The Hall–Kier alpha value is -1.03. The van der Waals surface area contributed by atoms with Gasteiger partial charge in [-0.05, 0) is 5.57 Å². The predicted molar refractivity (Wildman–Crippen MR) is 43.1 cm³/mol. The van der Waals surface area contributed by atoms with Crippen LogP contribution in [0.25, 0.3) is 0 Å². The summed E-state index contributed by atoms with van der Waals surface area (Å²) in [5.74, 6) is -1.13. The summed E-state index contributed by atoms with van der Waals surface area (Å²) in [5.41, 5.74) is 3.17. The Morgan fingerprint density at radius 1 is 1.75 bits per heavy atom. The third-order valence-corrected chi connectivity index (χ3v) is 2.27. The average Bonchev–Trinajstić information content (AvgIpc) is 2.49. The Labute approximate surface area is 71.2 Å². The van der Waals surface area contributed by atoms with Crippen LogP contribution in [0.2, 0.25) is 0 Å². The second-order valence-electron chi connectivity index (χ2n) is 3.41. The highest BCUT2D eigenvalue weighted by Gasteiger charge is 2.57. The summed E-state index contributed by atoms with van der Waals surface area (Å²) in [5, 5.41) is 8.75. The van der Waals surface area contributed by atoms with Crippen LogP contribution in [0.3, 0.4) is 0 Å². The normalized spacial score (nSPS) is 28.6. The van der Waals surface area contributed by atoms with Crippen molar-refractivity contribution in [3.8, 4) is 0 Å². The van der Waals surface area contributed by atoms with E-state index < -0.39 is 5.97 Å². The van der Waals surface area contributed by atoms with Gasteiger partial charge in [0.05, 0.1) is 13.0 Å². The molecular weight excluding hydrogens is 158 g/mol. The molecule has 0 radical (unpaired) electrons. The number of hydrogen-bond donors (Lipinski definition) is 2. The molecule has 0 saturated heterocycles. The number of hydroxylamine groups is 1. The summed E-state index contributed by atoms with van der Waals surface area (Å²) in [6.07, 6.45) is 1.61. The molecule has 1 saturated carbocycles. The summed E-state index contributed by atoms with van der Waals surface area (Å²) in [7, 11) is 1.49. The van der Waals surface area contributed by atoms with Gasteiger partial charge >= 0.3 is 5.97 Å². The summed E-state index contributed by atoms with van der Waals surface area (Å²) >= 11 is 0. The minimum Gasteiger partial charge on any atom is -0.481 e. The number of carbonyl (C=O) groups is 1. The van der Waals surface area contributed by atoms with Crippen molar-refractivity contribution < 1.29 is 14.7 Å². The zero-order valence-corrected chi connectivity index (χ0v) is 7.42. The summed E-state index contributed by atoms with van der Waals surface area (Å²) in [6.45, 7) is 3.80. The highest BCUT2D eigenvalue weighted by molar-refractivity contribution is 5.82. The Balaban J connectivity index is 2.66. The number of carboxylic acids is 1. The molecule has 0 heterocycles. The van der Waals surface area contributed by atoms with Crippen molar-refractivity contribution in [1.29, 1.82) is 0 Å². The van der Waals surface area contributed by atoms with E-state index in [0.717, 1.165) is 5.57 Å². The monoisotopic (exact) mass is 171 g/mol. The van der Waals surface area contributed by atoms with Gasteiger partial charge in [0.1, 0.15) is 0 Å². The van der Waals surface area contributed by atoms with E-state index in [4.69, 9.17) is 5.11 Å². The summed E-state index contributed by atoms with van der Waals surface area (Å²) < 4.78 is 0. The molecule has 1 aliphatic carbocycles. The maximum Gasteiger partial charge on any atom is 0.311 e. The number of nitrogens with one attached hydrogen (secondary N) is 1. The molecule has 1 aliphatic rings. The van der Waals surface area contributed by atoms with E-state index in [-0.39, 0.29) is 11.3 Å². The van der Waals surface area contributed by atoms with Gasteiger partial charge < -0.3 is 5.11 Å². The lowest BCUT2D eigenvalue weighted by molar-refractivity contribution is -0.139. The third kappa shape index (κ3) is 1.30. The minimum atomic E-state index is -0.774. The predicted octanol–water partition coefficient (Wildman–Crippen LogP) is 0.762. The molecule has 1 unspecified atom stereocenters. The molecule has 0 aromatic rings. The molecule has 0 bridgehead atoms. The van der Waals surface area contributed by atoms with Crippen LogP contribution in [-0.4, -0.2) is 18.2 Å². The SMILES string of the molecule is CONC=C1C(C(=O)O)C1(C)C. The van der Waals surface area contributed by atoms with Crippen LogP contribution in [0, 0.1) is 11.3 Å². The standard InChI is InChI=1S/C8H13NO3/c1-8(2)5(4-9-12-3)6(8)7(10)11/h4,6,9H,1-3H3,(H,10,11). The maximum atomic E-state index is 10.6. The quantitative estimate of drug-likeness (QED) is 0.615. The first-order chi connectivity index (χ1) is 5.51. The van der Waals surface area contributed by atoms with E-state index in [0.29, 0.717) is 0 Å². The Kier molecular flexibility index (Phi) is 2.10. The van der Waals surface area contributed by atoms with Crippen molar-refractivity contribution in [2.45, 2.75) is 13.8 Å². The zero-order chi connectivity index (χ0) is 9.35. The van der Waals surface area contributed by atoms with Gasteiger partial charge in [-0.15, -0.1) is 0 Å². The van der Waals surface area contributed by atoms with Crippen LogP contribution in [-0.2, 0) is 9.63 Å². The van der Waals surface area contributed by atoms with Gasteiger partial charge in [-0.2, -0.15) is 0 Å². The first-order valence-corrected chi connectivity index (χ1v) is 3.73. The van der Waals surface area contributed by atoms with E-state index in [1.165, 1.54) is 7.11 Å². The lowest BCUT2D eigenvalue weighted by Crippen LogP contribution is -2.03. The Morgan fingerprint density at radius 3 is 2.67 bits per heavy atom. The number of carboxylic acid groups (broad SMARTS) is 1. The van der Waals surface area contributed by atoms with Crippen LogP contribution >= 0.6 is 0 Å². The second kappa shape index (κ2) is 2.79. The molecule has 68 valence electrons. The average molecular weight is 171 g/mol. The molecule has 2 N–H and O–H groups in total. The van der Waals surface area contributed by atoms with Crippen LogP contribution in [0.1, 0.15) is 13.8 Å². The van der Waals surface area contributed by atoms with Crippen molar-refractivity contribution >= 4 is 5.97 Å². The molecule has 0 aromatic heterocycles. The van der Waals surface area contributed by atoms with Gasteiger partial charge in [-0.1, -0.05) is 13.8 Å². The fourth-order valence-corrected chi connectivity index (χ4v) is 1.41. The van der Waals surface area contributed by atoms with Gasteiger partial charge in [-0.3, -0.25) is 15.1 Å². The highest BCUT2D eigenvalue weighted by Crippen LogP contribution is 2.57. The van der Waals surface area contributed by atoms with Gasteiger partial charge in [0.25, 0.3) is 0 Å². The molecule has 4 nitrogen and oxygen atoms in total. The first kappa shape index (κ1) is 9.06. The molecule has 1 rings (SSSR count). The first-order valence-electron chi connectivity index (χ1n) is 3.73. The van der Waals surface area contributed by atoms with Gasteiger partial charge in [-0.25, -0.2) is 0 Å². The third-order valence-electron chi connectivity index (χ3n) is 2.27. The van der Waals surface area contributed by atoms with Crippen LogP contribution in [0.4, 0.5) is 0 Å². The lowest BCUT2D eigenvalue weighted by atomic mass is 10.1. The topological polar surface area (TPSA) is 58.6 Å². The second-order valence-corrected chi connectivity index (χ2v) is 3.41. The van der Waals surface area contributed by atoms with E-state index in [2.05, 4.69) is 10.3 Å². The number of hydrogen-bond acceptors (Lipinski definition) is 3. The molecule has 1 fully saturated rings. The van der Waals surface area contributed by atoms with E-state index in [1.54, 1.807) is 6.20 Å². The van der Waals surface area contributed by atoms with E-state index in [9.17, 15) is 4.79 Å². The van der Waals surface area contributed by atoms with Crippen molar-refractivity contribution in [3.63, 3.8) is 0 Å². The fourth-order valence-electron chi connectivity index (χ4n) is 1.41. The smallest absolute Gasteiger partial charge is 0.311 e. The molecule has 0 aliphatic heterocycles. The van der Waals surface area contributed by atoms with Gasteiger partial charge in [0, 0.05) is 11.6 Å². The van der Waals surface area contributed by atoms with Crippen molar-refractivity contribution in [2.24, 2.45) is 11.3 Å². The molecule has 0 aromatic carbocycles. The van der Waals surface area contributed by atoms with Crippen molar-refractivity contribution in [2.75, 3.05) is 7.11 Å². The number of rotatable bonds is 3. The zero-order valence-electron chi connectivity index (χ0n) is 7.42. The molecule has 12 heavy (non-hydrogen) atoms. The largest absolute Gasteiger partial charge is 0.481 e.